The fraction of sp³-hybridized carbons (Fsp3) is 0.500. The molecular formula is C14H19N3O4. The van der Waals surface area contributed by atoms with Crippen LogP contribution in [0.15, 0.2) is 12.1 Å². The van der Waals surface area contributed by atoms with E-state index in [2.05, 4.69) is 4.98 Å². The lowest BCUT2D eigenvalue weighted by molar-refractivity contribution is -0.0498. The Bertz CT molecular complexity index is 684. The highest BCUT2D eigenvalue weighted by Gasteiger charge is 2.44. The Morgan fingerprint density at radius 2 is 1.90 bits per heavy atom. The first-order chi connectivity index (χ1) is 9.93. The second-order valence-corrected chi connectivity index (χ2v) is 5.49. The van der Waals surface area contributed by atoms with E-state index in [1.54, 1.807) is 4.57 Å². The molecule has 21 heavy (non-hydrogen) atoms. The molecule has 0 amide bonds. The van der Waals surface area contributed by atoms with Crippen molar-refractivity contribution in [2.45, 2.75) is 38.4 Å². The van der Waals surface area contributed by atoms with Crippen molar-refractivity contribution in [3.05, 3.63) is 23.3 Å². The third kappa shape index (κ3) is 2.09. The Morgan fingerprint density at radius 3 is 2.52 bits per heavy atom. The Balaban J connectivity index is 2.12. The summed E-state index contributed by atoms with van der Waals surface area (Å²) in [6.45, 7) is 3.58. The van der Waals surface area contributed by atoms with Crippen molar-refractivity contribution in [2.75, 3.05) is 12.3 Å². The summed E-state index contributed by atoms with van der Waals surface area (Å²) in [6, 6.07) is 3.83. The van der Waals surface area contributed by atoms with Crippen LogP contribution in [0.3, 0.4) is 0 Å². The molecule has 114 valence electrons. The maximum absolute atomic E-state index is 10.1. The van der Waals surface area contributed by atoms with E-state index in [9.17, 15) is 15.3 Å². The molecule has 0 spiro atoms. The quantitative estimate of drug-likeness (QED) is 0.612. The third-order valence-corrected chi connectivity index (χ3v) is 4.10. The minimum absolute atomic E-state index is 0.199. The molecule has 0 bridgehead atoms. The number of hydrogen-bond acceptors (Lipinski definition) is 6. The van der Waals surface area contributed by atoms with E-state index in [1.807, 2.05) is 26.0 Å². The van der Waals surface area contributed by atoms with Gasteiger partial charge in [-0.15, -0.1) is 0 Å². The molecule has 1 aromatic carbocycles. The first-order valence-electron chi connectivity index (χ1n) is 6.81. The van der Waals surface area contributed by atoms with Crippen LogP contribution in [0.4, 0.5) is 5.95 Å². The van der Waals surface area contributed by atoms with Crippen molar-refractivity contribution < 1.29 is 20.1 Å². The Kier molecular flexibility index (Phi) is 3.37. The van der Waals surface area contributed by atoms with E-state index >= 15 is 0 Å². The molecule has 2 heterocycles. The second kappa shape index (κ2) is 4.96. The highest BCUT2D eigenvalue weighted by molar-refractivity contribution is 5.80. The van der Waals surface area contributed by atoms with Crippen LogP contribution in [0.25, 0.3) is 11.0 Å². The van der Waals surface area contributed by atoms with E-state index < -0.39 is 24.5 Å². The summed E-state index contributed by atoms with van der Waals surface area (Å²) < 4.78 is 7.09. The largest absolute Gasteiger partial charge is 0.394 e. The number of ether oxygens (including phenoxy) is 1. The number of hydrogen-bond donors (Lipinski definition) is 4. The molecule has 2 aromatic rings. The summed E-state index contributed by atoms with van der Waals surface area (Å²) in [5.41, 5.74) is 9.53. The van der Waals surface area contributed by atoms with Gasteiger partial charge in [0.15, 0.2) is 6.23 Å². The van der Waals surface area contributed by atoms with Crippen LogP contribution >= 0.6 is 0 Å². The molecule has 0 aliphatic carbocycles. The smallest absolute Gasteiger partial charge is 0.203 e. The van der Waals surface area contributed by atoms with Crippen LogP contribution in [-0.2, 0) is 4.74 Å². The van der Waals surface area contributed by atoms with Crippen LogP contribution in [0.2, 0.25) is 0 Å². The number of nitrogen functional groups attached to an aromatic ring is 1. The summed E-state index contributed by atoms with van der Waals surface area (Å²) in [5.74, 6) is 0.199. The number of aliphatic hydroxyl groups is 3. The van der Waals surface area contributed by atoms with E-state index in [4.69, 9.17) is 10.5 Å². The maximum atomic E-state index is 10.1. The number of aliphatic hydroxyl groups excluding tert-OH is 3. The topological polar surface area (TPSA) is 114 Å². The van der Waals surface area contributed by atoms with Gasteiger partial charge < -0.3 is 25.8 Å². The molecule has 4 atom stereocenters. The molecule has 7 nitrogen and oxygen atoms in total. The van der Waals surface area contributed by atoms with Gasteiger partial charge >= 0.3 is 0 Å². The molecular weight excluding hydrogens is 274 g/mol. The highest BCUT2D eigenvalue weighted by Crippen LogP contribution is 2.34. The summed E-state index contributed by atoms with van der Waals surface area (Å²) in [6.07, 6.45) is -4.05. The van der Waals surface area contributed by atoms with Crippen LogP contribution in [0.5, 0.6) is 0 Å². The molecule has 3 rings (SSSR count). The predicted octanol–water partition coefficient (Wildman–Crippen LogP) is -0.153. The van der Waals surface area contributed by atoms with Crippen molar-refractivity contribution in [1.29, 1.82) is 0 Å². The molecule has 1 fully saturated rings. The molecule has 0 radical (unpaired) electrons. The van der Waals surface area contributed by atoms with E-state index in [1.165, 1.54) is 0 Å². The SMILES string of the molecule is Cc1cc2nc(N)n([C@@H]3O[C@H](CO)[C@@H](O)[C@H]3O)c2cc1C. The Labute approximate surface area is 121 Å². The first-order valence-corrected chi connectivity index (χ1v) is 6.81. The van der Waals surface area contributed by atoms with Gasteiger partial charge in [-0.3, -0.25) is 4.57 Å². The van der Waals surface area contributed by atoms with Gasteiger partial charge in [-0.2, -0.15) is 0 Å². The van der Waals surface area contributed by atoms with Crippen molar-refractivity contribution in [1.82, 2.24) is 9.55 Å². The number of aromatic nitrogens is 2. The number of benzene rings is 1. The first kappa shape index (κ1) is 14.3. The van der Waals surface area contributed by atoms with E-state index in [0.717, 1.165) is 16.6 Å². The standard InChI is InChI=1S/C14H19N3O4/c1-6-3-8-9(4-7(6)2)17(14(15)16-8)13-12(20)11(19)10(5-18)21-13/h3-4,10-13,18-20H,5H2,1-2H3,(H2,15,16)/t10-,11-,12-,13-/m1/s1. The van der Waals surface area contributed by atoms with Gasteiger partial charge in [-0.05, 0) is 37.1 Å². The Morgan fingerprint density at radius 1 is 1.24 bits per heavy atom. The Hall–Kier alpha value is -1.67. The van der Waals surface area contributed by atoms with Gasteiger partial charge in [0.1, 0.15) is 18.3 Å². The lowest BCUT2D eigenvalue weighted by Crippen LogP contribution is -2.33. The molecule has 0 saturated carbocycles. The van der Waals surface area contributed by atoms with Crippen molar-refractivity contribution in [3.8, 4) is 0 Å². The van der Waals surface area contributed by atoms with Crippen LogP contribution < -0.4 is 5.73 Å². The minimum Gasteiger partial charge on any atom is -0.394 e. The number of rotatable bonds is 2. The fourth-order valence-electron chi connectivity index (χ4n) is 2.73. The molecule has 1 saturated heterocycles. The minimum atomic E-state index is -1.18. The van der Waals surface area contributed by atoms with Gasteiger partial charge in [0.05, 0.1) is 17.6 Å². The average Bonchev–Trinajstić information content (AvgIpc) is 2.89. The van der Waals surface area contributed by atoms with Crippen molar-refractivity contribution in [2.24, 2.45) is 0 Å². The molecule has 7 heteroatoms. The van der Waals surface area contributed by atoms with E-state index in [0.29, 0.717) is 5.52 Å². The van der Waals surface area contributed by atoms with E-state index in [-0.39, 0.29) is 12.6 Å². The van der Waals surface area contributed by atoms with Gasteiger partial charge in [0.25, 0.3) is 0 Å². The van der Waals surface area contributed by atoms with Crippen molar-refractivity contribution in [3.63, 3.8) is 0 Å². The zero-order chi connectivity index (χ0) is 15.3. The monoisotopic (exact) mass is 293 g/mol. The molecule has 1 aliphatic rings. The lowest BCUT2D eigenvalue weighted by atomic mass is 10.1. The maximum Gasteiger partial charge on any atom is 0.203 e. The van der Waals surface area contributed by atoms with Gasteiger partial charge in [-0.25, -0.2) is 4.98 Å². The predicted molar refractivity (Wildman–Crippen MR) is 76.6 cm³/mol. The number of nitrogens with two attached hydrogens (primary N) is 1. The number of aryl methyl sites for hydroxylation is 2. The highest BCUT2D eigenvalue weighted by atomic mass is 16.6. The van der Waals surface area contributed by atoms with Gasteiger partial charge in [-0.1, -0.05) is 0 Å². The van der Waals surface area contributed by atoms with Crippen LogP contribution in [-0.4, -0.2) is 49.8 Å². The number of fused-ring (bicyclic) bond motifs is 1. The molecule has 1 aliphatic heterocycles. The van der Waals surface area contributed by atoms with Gasteiger partial charge in [0, 0.05) is 0 Å². The fourth-order valence-corrected chi connectivity index (χ4v) is 2.73. The zero-order valence-electron chi connectivity index (χ0n) is 11.9. The number of nitrogens with zero attached hydrogens (tertiary/aromatic N) is 2. The van der Waals surface area contributed by atoms with Gasteiger partial charge in [0.2, 0.25) is 5.95 Å². The molecule has 1 aromatic heterocycles. The normalized spacial score (nSPS) is 29.4. The zero-order valence-corrected chi connectivity index (χ0v) is 11.9. The third-order valence-electron chi connectivity index (χ3n) is 4.10. The molecule has 5 N–H and O–H groups in total. The lowest BCUT2D eigenvalue weighted by Gasteiger charge is -2.18. The molecule has 0 unspecified atom stereocenters. The number of imidazole rings is 1. The van der Waals surface area contributed by atoms with Crippen LogP contribution in [0.1, 0.15) is 17.4 Å². The summed E-state index contributed by atoms with van der Waals surface area (Å²) in [7, 11) is 0. The average molecular weight is 293 g/mol. The summed E-state index contributed by atoms with van der Waals surface area (Å²) >= 11 is 0. The van der Waals surface area contributed by atoms with Crippen molar-refractivity contribution >= 4 is 17.0 Å². The summed E-state index contributed by atoms with van der Waals surface area (Å²) in [4.78, 5) is 4.28. The van der Waals surface area contributed by atoms with Crippen LogP contribution in [0, 0.1) is 13.8 Å². The second-order valence-electron chi connectivity index (χ2n) is 5.49. The number of anilines is 1. The summed E-state index contributed by atoms with van der Waals surface area (Å²) in [5, 5.41) is 29.2.